The Labute approximate surface area is 64.2 Å². The molecule has 0 saturated heterocycles. The van der Waals surface area contributed by atoms with Crippen molar-refractivity contribution in [3.05, 3.63) is 23.6 Å². The third-order valence-electron chi connectivity index (χ3n) is 1.92. The molecule has 1 nitrogen and oxygen atoms in total. The van der Waals surface area contributed by atoms with E-state index in [9.17, 15) is 4.79 Å². The highest BCUT2D eigenvalue weighted by Crippen LogP contribution is 2.35. The molecule has 1 heterocycles. The van der Waals surface area contributed by atoms with Crippen molar-refractivity contribution in [3.8, 4) is 0 Å². The Kier molecular flexibility index (Phi) is 1.42. The van der Waals surface area contributed by atoms with Crippen molar-refractivity contribution in [1.29, 1.82) is 0 Å². The minimum absolute atomic E-state index is 0.190. The highest BCUT2D eigenvalue weighted by Gasteiger charge is 2.29. The molecule has 2 heteroatoms. The van der Waals surface area contributed by atoms with Crippen LogP contribution in [-0.4, -0.2) is 11.0 Å². The first-order chi connectivity index (χ1) is 4.88. The number of rotatable bonds is 0. The SMILES string of the molecule is O=C1C=CCC2SC=CC12. The number of allylic oxidation sites excluding steroid dienone is 3. The van der Waals surface area contributed by atoms with Gasteiger partial charge in [-0.15, -0.1) is 11.8 Å². The Bertz CT molecular complexity index is 217. The van der Waals surface area contributed by atoms with E-state index < -0.39 is 0 Å². The topological polar surface area (TPSA) is 17.1 Å². The van der Waals surface area contributed by atoms with Crippen molar-refractivity contribution in [3.63, 3.8) is 0 Å². The van der Waals surface area contributed by atoms with Crippen LogP contribution in [0.2, 0.25) is 0 Å². The summed E-state index contributed by atoms with van der Waals surface area (Å²) in [5.41, 5.74) is 0. The molecule has 0 aromatic heterocycles. The van der Waals surface area contributed by atoms with Gasteiger partial charge in [-0.2, -0.15) is 0 Å². The predicted octanol–water partition coefficient (Wildman–Crippen LogP) is 1.76. The van der Waals surface area contributed by atoms with Crippen molar-refractivity contribution >= 4 is 17.5 Å². The summed E-state index contributed by atoms with van der Waals surface area (Å²) in [5, 5.41) is 2.55. The Morgan fingerprint density at radius 1 is 1.60 bits per heavy atom. The van der Waals surface area contributed by atoms with Crippen LogP contribution >= 0.6 is 11.8 Å². The number of hydrogen-bond donors (Lipinski definition) is 0. The molecule has 2 unspecified atom stereocenters. The fraction of sp³-hybridized carbons (Fsp3) is 0.375. The van der Waals surface area contributed by atoms with Crippen LogP contribution in [0.25, 0.3) is 0 Å². The molecule has 1 aliphatic heterocycles. The lowest BCUT2D eigenvalue weighted by molar-refractivity contribution is -0.117. The maximum absolute atomic E-state index is 11.1. The minimum atomic E-state index is 0.190. The van der Waals surface area contributed by atoms with Gasteiger partial charge in [-0.05, 0) is 17.9 Å². The fourth-order valence-electron chi connectivity index (χ4n) is 1.35. The van der Waals surface area contributed by atoms with Gasteiger partial charge in [-0.1, -0.05) is 12.2 Å². The molecule has 2 aliphatic rings. The number of fused-ring (bicyclic) bond motifs is 1. The van der Waals surface area contributed by atoms with Crippen molar-refractivity contribution in [2.24, 2.45) is 5.92 Å². The van der Waals surface area contributed by atoms with Crippen LogP contribution in [0.3, 0.4) is 0 Å². The Balaban J connectivity index is 2.27. The van der Waals surface area contributed by atoms with Gasteiger partial charge in [0.05, 0.1) is 5.92 Å². The van der Waals surface area contributed by atoms with Gasteiger partial charge in [-0.3, -0.25) is 4.79 Å². The van der Waals surface area contributed by atoms with E-state index in [4.69, 9.17) is 0 Å². The fourth-order valence-corrected chi connectivity index (χ4v) is 2.43. The molecule has 0 spiro atoms. The number of carbonyl (C=O) groups is 1. The van der Waals surface area contributed by atoms with Gasteiger partial charge in [0.25, 0.3) is 0 Å². The quantitative estimate of drug-likeness (QED) is 0.526. The van der Waals surface area contributed by atoms with Crippen molar-refractivity contribution in [2.45, 2.75) is 11.7 Å². The molecule has 0 radical (unpaired) electrons. The molecule has 10 heavy (non-hydrogen) atoms. The zero-order valence-corrected chi connectivity index (χ0v) is 6.30. The molecule has 0 aromatic carbocycles. The van der Waals surface area contributed by atoms with Crippen LogP contribution in [0.4, 0.5) is 0 Å². The molecule has 0 fully saturated rings. The van der Waals surface area contributed by atoms with Crippen molar-refractivity contribution < 1.29 is 4.79 Å². The average Bonchev–Trinajstić information content (AvgIpc) is 2.36. The molecule has 0 amide bonds. The number of thioether (sulfide) groups is 1. The Morgan fingerprint density at radius 3 is 3.30 bits per heavy atom. The number of carbonyl (C=O) groups excluding carboxylic acids is 1. The molecule has 52 valence electrons. The lowest BCUT2D eigenvalue weighted by Gasteiger charge is -2.17. The summed E-state index contributed by atoms with van der Waals surface area (Å²) >= 11 is 1.78. The highest BCUT2D eigenvalue weighted by atomic mass is 32.2. The van der Waals surface area contributed by atoms with E-state index in [1.807, 2.05) is 17.6 Å². The zero-order chi connectivity index (χ0) is 6.97. The summed E-state index contributed by atoms with van der Waals surface area (Å²) in [4.78, 5) is 11.1. The second kappa shape index (κ2) is 2.27. The maximum Gasteiger partial charge on any atom is 0.163 e. The van der Waals surface area contributed by atoms with Crippen molar-refractivity contribution in [1.82, 2.24) is 0 Å². The summed E-state index contributed by atoms with van der Waals surface area (Å²) in [6.45, 7) is 0. The van der Waals surface area contributed by atoms with E-state index in [-0.39, 0.29) is 11.7 Å². The summed E-state index contributed by atoms with van der Waals surface area (Å²) in [6, 6.07) is 0. The molecule has 2 atom stereocenters. The molecule has 0 aromatic rings. The van der Waals surface area contributed by atoms with Crippen molar-refractivity contribution in [2.75, 3.05) is 0 Å². The molecular formula is C8H8OS. The van der Waals surface area contributed by atoms with E-state index in [0.717, 1.165) is 6.42 Å². The predicted molar refractivity (Wildman–Crippen MR) is 42.8 cm³/mol. The zero-order valence-electron chi connectivity index (χ0n) is 5.49. The first-order valence-electron chi connectivity index (χ1n) is 3.40. The van der Waals surface area contributed by atoms with E-state index >= 15 is 0 Å². The summed E-state index contributed by atoms with van der Waals surface area (Å²) in [6.07, 6.45) is 6.75. The molecule has 0 N–H and O–H groups in total. The van der Waals surface area contributed by atoms with Crippen LogP contribution in [0, 0.1) is 5.92 Å². The summed E-state index contributed by atoms with van der Waals surface area (Å²) in [7, 11) is 0. The van der Waals surface area contributed by atoms with Crippen LogP contribution < -0.4 is 0 Å². The lowest BCUT2D eigenvalue weighted by atomic mass is 9.93. The average molecular weight is 152 g/mol. The highest BCUT2D eigenvalue weighted by molar-refractivity contribution is 8.03. The largest absolute Gasteiger partial charge is 0.294 e. The molecule has 2 rings (SSSR count). The lowest BCUT2D eigenvalue weighted by Crippen LogP contribution is -2.22. The third kappa shape index (κ3) is 0.833. The maximum atomic E-state index is 11.1. The monoisotopic (exact) mass is 152 g/mol. The normalized spacial score (nSPS) is 36.6. The van der Waals surface area contributed by atoms with E-state index in [1.54, 1.807) is 17.8 Å². The van der Waals surface area contributed by atoms with Gasteiger partial charge in [0, 0.05) is 5.25 Å². The second-order valence-corrected chi connectivity index (χ2v) is 3.72. The Morgan fingerprint density at radius 2 is 2.50 bits per heavy atom. The minimum Gasteiger partial charge on any atom is -0.294 e. The van der Waals surface area contributed by atoms with Crippen LogP contribution in [-0.2, 0) is 4.79 Å². The number of hydrogen-bond acceptors (Lipinski definition) is 2. The molecular weight excluding hydrogens is 144 g/mol. The first kappa shape index (κ1) is 6.23. The standard InChI is InChI=1S/C8H8OS/c9-7-2-1-3-8-6(7)4-5-10-8/h1-2,4-6,8H,3H2. The van der Waals surface area contributed by atoms with Gasteiger partial charge in [0.2, 0.25) is 0 Å². The second-order valence-electron chi connectivity index (χ2n) is 2.57. The van der Waals surface area contributed by atoms with Gasteiger partial charge < -0.3 is 0 Å². The van der Waals surface area contributed by atoms with Crippen LogP contribution in [0.15, 0.2) is 23.6 Å². The first-order valence-corrected chi connectivity index (χ1v) is 4.35. The van der Waals surface area contributed by atoms with E-state index in [1.165, 1.54) is 0 Å². The smallest absolute Gasteiger partial charge is 0.163 e. The summed E-state index contributed by atoms with van der Waals surface area (Å²) < 4.78 is 0. The number of ketones is 1. The molecule has 1 aliphatic carbocycles. The van der Waals surface area contributed by atoms with Gasteiger partial charge >= 0.3 is 0 Å². The molecule has 0 bridgehead atoms. The van der Waals surface area contributed by atoms with E-state index in [2.05, 4.69) is 0 Å². The molecule has 0 saturated carbocycles. The van der Waals surface area contributed by atoms with Crippen LogP contribution in [0.5, 0.6) is 0 Å². The van der Waals surface area contributed by atoms with E-state index in [0.29, 0.717) is 5.25 Å². The van der Waals surface area contributed by atoms with Crippen LogP contribution in [0.1, 0.15) is 6.42 Å². The van der Waals surface area contributed by atoms with Gasteiger partial charge in [-0.25, -0.2) is 0 Å². The third-order valence-corrected chi connectivity index (χ3v) is 3.07. The Hall–Kier alpha value is -0.500. The van der Waals surface area contributed by atoms with Gasteiger partial charge in [0.15, 0.2) is 5.78 Å². The summed E-state index contributed by atoms with van der Waals surface area (Å²) in [5.74, 6) is 0.465. The van der Waals surface area contributed by atoms with Gasteiger partial charge in [0.1, 0.15) is 0 Å².